The summed E-state index contributed by atoms with van der Waals surface area (Å²) in [5.41, 5.74) is 8.60. The van der Waals surface area contributed by atoms with E-state index in [0.29, 0.717) is 4.99 Å². The highest BCUT2D eigenvalue weighted by atomic mass is 79.9. The summed E-state index contributed by atoms with van der Waals surface area (Å²) >= 11 is 14.5. The highest BCUT2D eigenvalue weighted by molar-refractivity contribution is 9.10. The van der Waals surface area contributed by atoms with E-state index in [4.69, 9.17) is 29.6 Å². The first-order valence-electron chi connectivity index (χ1n) is 6.08. The summed E-state index contributed by atoms with van der Waals surface area (Å²) in [6.45, 7) is 2.08. The Bertz CT molecular complexity index is 646. The summed E-state index contributed by atoms with van der Waals surface area (Å²) in [7, 11) is 0. The van der Waals surface area contributed by atoms with E-state index < -0.39 is 0 Å². The first kappa shape index (κ1) is 15.3. The van der Waals surface area contributed by atoms with Gasteiger partial charge < -0.3 is 11.1 Å². The van der Waals surface area contributed by atoms with Crippen LogP contribution < -0.4 is 11.1 Å². The Balaban J connectivity index is 2.18. The second kappa shape index (κ2) is 6.57. The molecular weight excluding hydrogens is 356 g/mol. The van der Waals surface area contributed by atoms with Gasteiger partial charge in [-0.25, -0.2) is 0 Å². The minimum atomic E-state index is 0.149. The van der Waals surface area contributed by atoms with Crippen LogP contribution in [-0.2, 0) is 0 Å². The molecule has 0 aromatic heterocycles. The van der Waals surface area contributed by atoms with Crippen molar-refractivity contribution in [1.82, 2.24) is 0 Å². The lowest BCUT2D eigenvalue weighted by Crippen LogP contribution is -2.11. The summed E-state index contributed by atoms with van der Waals surface area (Å²) in [5, 5.41) is 4.16. The van der Waals surface area contributed by atoms with Crippen molar-refractivity contribution in [3.63, 3.8) is 0 Å². The Kier molecular flexibility index (Phi) is 5.02. The maximum absolute atomic E-state index is 6.01. The molecule has 1 unspecified atom stereocenters. The fourth-order valence-corrected chi connectivity index (χ4v) is 3.01. The van der Waals surface area contributed by atoms with Crippen molar-refractivity contribution in [2.24, 2.45) is 5.73 Å². The van der Waals surface area contributed by atoms with Crippen LogP contribution in [0.15, 0.2) is 46.9 Å². The third-order valence-corrected chi connectivity index (χ3v) is 4.08. The molecular formula is C15H14BrClN2S. The molecule has 5 heteroatoms. The maximum Gasteiger partial charge on any atom is 0.105 e. The van der Waals surface area contributed by atoms with Gasteiger partial charge in [-0.05, 0) is 58.7 Å². The summed E-state index contributed by atoms with van der Waals surface area (Å²) in [6.07, 6.45) is 0. The van der Waals surface area contributed by atoms with Crippen LogP contribution in [0.1, 0.15) is 24.1 Å². The molecule has 0 bridgehead atoms. The minimum absolute atomic E-state index is 0.149. The molecule has 20 heavy (non-hydrogen) atoms. The number of benzene rings is 2. The van der Waals surface area contributed by atoms with Crippen molar-refractivity contribution in [1.29, 1.82) is 0 Å². The number of anilines is 1. The number of rotatable bonds is 4. The molecule has 0 radical (unpaired) electrons. The van der Waals surface area contributed by atoms with Crippen molar-refractivity contribution in [2.45, 2.75) is 13.0 Å². The smallest absolute Gasteiger partial charge is 0.105 e. The average Bonchev–Trinajstić information content (AvgIpc) is 2.38. The van der Waals surface area contributed by atoms with E-state index in [1.165, 1.54) is 0 Å². The summed E-state index contributed by atoms with van der Waals surface area (Å²) in [6, 6.07) is 13.8. The zero-order chi connectivity index (χ0) is 14.7. The number of nitrogens with two attached hydrogens (primary N) is 1. The topological polar surface area (TPSA) is 38.0 Å². The van der Waals surface area contributed by atoms with Gasteiger partial charge in [0.1, 0.15) is 4.99 Å². The fourth-order valence-electron chi connectivity index (χ4n) is 1.91. The first-order chi connectivity index (χ1) is 9.47. The molecule has 0 heterocycles. The fraction of sp³-hybridized carbons (Fsp3) is 0.133. The van der Waals surface area contributed by atoms with Gasteiger partial charge in [-0.3, -0.25) is 0 Å². The number of hydrogen-bond acceptors (Lipinski definition) is 2. The molecule has 0 fully saturated rings. The Morgan fingerprint density at radius 1 is 1.30 bits per heavy atom. The monoisotopic (exact) mass is 368 g/mol. The quantitative estimate of drug-likeness (QED) is 0.752. The van der Waals surface area contributed by atoms with Crippen molar-refractivity contribution in [3.05, 3.63) is 63.1 Å². The molecule has 104 valence electrons. The second-order valence-electron chi connectivity index (χ2n) is 4.48. The van der Waals surface area contributed by atoms with Crippen molar-refractivity contribution >= 4 is 50.4 Å². The molecule has 0 aliphatic heterocycles. The molecule has 1 atom stereocenters. The van der Waals surface area contributed by atoms with Gasteiger partial charge in [0.2, 0.25) is 0 Å². The van der Waals surface area contributed by atoms with Gasteiger partial charge in [0.05, 0.1) is 0 Å². The van der Waals surface area contributed by atoms with E-state index in [0.717, 1.165) is 26.3 Å². The van der Waals surface area contributed by atoms with Crippen LogP contribution in [0.4, 0.5) is 5.69 Å². The summed E-state index contributed by atoms with van der Waals surface area (Å²) in [4.78, 5) is 0.381. The molecule has 0 amide bonds. The molecule has 0 saturated heterocycles. The molecule has 2 nitrogen and oxygen atoms in total. The van der Waals surface area contributed by atoms with Crippen LogP contribution in [0.2, 0.25) is 5.02 Å². The standard InChI is InChI=1S/C15H14BrClN2S/c1-9(10-3-2-4-11(17)7-10)19-12-5-6-13(15(18)20)14(16)8-12/h2-9,19H,1H3,(H2,18,20). The lowest BCUT2D eigenvalue weighted by Gasteiger charge is -2.17. The highest BCUT2D eigenvalue weighted by Crippen LogP contribution is 2.26. The zero-order valence-corrected chi connectivity index (χ0v) is 14.0. The van der Waals surface area contributed by atoms with Crippen LogP contribution in [0.25, 0.3) is 0 Å². The minimum Gasteiger partial charge on any atom is -0.389 e. The van der Waals surface area contributed by atoms with Gasteiger partial charge in [0, 0.05) is 26.8 Å². The summed E-state index contributed by atoms with van der Waals surface area (Å²) in [5.74, 6) is 0. The van der Waals surface area contributed by atoms with Crippen LogP contribution in [0, 0.1) is 0 Å². The van der Waals surface area contributed by atoms with Gasteiger partial charge in [-0.15, -0.1) is 0 Å². The molecule has 2 aromatic carbocycles. The van der Waals surface area contributed by atoms with Gasteiger partial charge in [-0.2, -0.15) is 0 Å². The maximum atomic E-state index is 6.01. The number of nitrogens with one attached hydrogen (secondary N) is 1. The molecule has 0 spiro atoms. The third kappa shape index (κ3) is 3.72. The van der Waals surface area contributed by atoms with Crippen LogP contribution in [0.5, 0.6) is 0 Å². The van der Waals surface area contributed by atoms with Gasteiger partial charge in [-0.1, -0.05) is 36.0 Å². The SMILES string of the molecule is CC(Nc1ccc(C(N)=S)c(Br)c1)c1cccc(Cl)c1. The molecule has 0 aliphatic carbocycles. The van der Waals surface area contributed by atoms with Gasteiger partial charge in [0.25, 0.3) is 0 Å². The highest BCUT2D eigenvalue weighted by Gasteiger charge is 2.08. The first-order valence-corrected chi connectivity index (χ1v) is 7.66. The van der Waals surface area contributed by atoms with E-state index in [9.17, 15) is 0 Å². The molecule has 0 saturated carbocycles. The predicted octanol–water partition coefficient (Wildman–Crippen LogP) is 4.91. The number of thiocarbonyl (C=S) groups is 1. The number of halogens is 2. The third-order valence-electron chi connectivity index (χ3n) is 2.97. The zero-order valence-electron chi connectivity index (χ0n) is 10.9. The second-order valence-corrected chi connectivity index (χ2v) is 6.21. The average molecular weight is 370 g/mol. The molecule has 2 aromatic rings. The predicted molar refractivity (Wildman–Crippen MR) is 93.5 cm³/mol. The van der Waals surface area contributed by atoms with Gasteiger partial charge >= 0.3 is 0 Å². The Morgan fingerprint density at radius 2 is 2.05 bits per heavy atom. The lowest BCUT2D eigenvalue weighted by atomic mass is 10.1. The summed E-state index contributed by atoms with van der Waals surface area (Å²) < 4.78 is 0.883. The Hall–Kier alpha value is -1.10. The Morgan fingerprint density at radius 3 is 2.65 bits per heavy atom. The van der Waals surface area contributed by atoms with Crippen molar-refractivity contribution in [3.8, 4) is 0 Å². The van der Waals surface area contributed by atoms with Gasteiger partial charge in [0.15, 0.2) is 0 Å². The van der Waals surface area contributed by atoms with E-state index in [1.807, 2.05) is 42.5 Å². The Labute approximate surface area is 137 Å². The van der Waals surface area contributed by atoms with E-state index in [-0.39, 0.29) is 6.04 Å². The van der Waals surface area contributed by atoms with E-state index in [1.54, 1.807) is 0 Å². The molecule has 3 N–H and O–H groups in total. The molecule has 0 aliphatic rings. The van der Waals surface area contributed by atoms with Crippen LogP contribution in [-0.4, -0.2) is 4.99 Å². The van der Waals surface area contributed by atoms with E-state index in [2.05, 4.69) is 28.2 Å². The lowest BCUT2D eigenvalue weighted by molar-refractivity contribution is 0.885. The van der Waals surface area contributed by atoms with E-state index >= 15 is 0 Å². The largest absolute Gasteiger partial charge is 0.389 e. The van der Waals surface area contributed by atoms with Crippen LogP contribution in [0.3, 0.4) is 0 Å². The van der Waals surface area contributed by atoms with Crippen molar-refractivity contribution in [2.75, 3.05) is 5.32 Å². The van der Waals surface area contributed by atoms with Crippen LogP contribution >= 0.6 is 39.7 Å². The van der Waals surface area contributed by atoms with Crippen molar-refractivity contribution < 1.29 is 0 Å². The number of hydrogen-bond donors (Lipinski definition) is 2. The molecule has 2 rings (SSSR count). The normalized spacial score (nSPS) is 11.9.